The minimum absolute atomic E-state index is 0.127. The number of fused-ring (bicyclic) bond motifs is 5. The first kappa shape index (κ1) is 47.1. The summed E-state index contributed by atoms with van der Waals surface area (Å²) in [6, 6.07) is -4.58. The van der Waals surface area contributed by atoms with Gasteiger partial charge in [-0.3, -0.25) is 43.2 Å². The monoisotopic (exact) mass is 886 g/mol. The van der Waals surface area contributed by atoms with Crippen LogP contribution in [0.5, 0.6) is 5.75 Å². The standard InChI is InChI=1S/C39H54N10O12S/c1-5-16(2)31-36(59)42-12-29(54)43-26-15-62-38-22(21-7-6-19(51)8-23(21)46-38)10-24(33(56)41-13-30(55)47-31)44-37(60)32(17(3)18(4)50)48-35(58)27-9-20(52)14-49(27)39(61)25(11-28(40)53)45-34(26)57/h6-8,16-18,20,24-27,31-32,46,50-52H,5,9-15H2,1-4H3,(H2,40,53)(H,41,56)(H,42,59)(H,43,54)(H,44,60)(H,45,57)(H,47,55)(H,48,58)/t16-,17-,18-,20+,24?,25?,26?,27-,31-,32-/m0/s1. The lowest BCUT2D eigenvalue weighted by molar-refractivity contribution is -0.144. The lowest BCUT2D eigenvalue weighted by Crippen LogP contribution is -2.61. The van der Waals surface area contributed by atoms with Crippen molar-refractivity contribution in [2.24, 2.45) is 17.6 Å². The Morgan fingerprint density at radius 3 is 2.19 bits per heavy atom. The van der Waals surface area contributed by atoms with Crippen molar-refractivity contribution in [2.75, 3.05) is 25.4 Å². The number of nitrogens with one attached hydrogen (secondary N) is 8. The van der Waals surface area contributed by atoms with Gasteiger partial charge in [0.25, 0.3) is 0 Å². The summed E-state index contributed by atoms with van der Waals surface area (Å²) in [7, 11) is 0. The molecule has 2 aromatic rings. The summed E-state index contributed by atoms with van der Waals surface area (Å²) in [5, 5.41) is 50.2. The molecule has 338 valence electrons. The third kappa shape index (κ3) is 11.3. The lowest BCUT2D eigenvalue weighted by Gasteiger charge is -2.32. The number of aromatic hydroxyl groups is 1. The van der Waals surface area contributed by atoms with E-state index in [-0.39, 0.29) is 24.3 Å². The first-order valence-electron chi connectivity index (χ1n) is 20.2. The molecule has 0 saturated carbocycles. The molecule has 1 aromatic heterocycles. The topological polar surface area (TPSA) is 344 Å². The maximum atomic E-state index is 14.4. The molecule has 0 aliphatic carbocycles. The molecule has 1 saturated heterocycles. The van der Waals surface area contributed by atoms with Gasteiger partial charge >= 0.3 is 0 Å². The van der Waals surface area contributed by atoms with Crippen molar-refractivity contribution in [3.8, 4) is 5.75 Å². The number of nitrogens with two attached hydrogens (primary N) is 1. The first-order valence-corrected chi connectivity index (χ1v) is 21.2. The summed E-state index contributed by atoms with van der Waals surface area (Å²) >= 11 is 0.974. The fraction of sp³-hybridized carbons (Fsp3) is 0.564. The highest BCUT2D eigenvalue weighted by Crippen LogP contribution is 2.33. The van der Waals surface area contributed by atoms with Crippen molar-refractivity contribution in [3.05, 3.63) is 23.8 Å². The van der Waals surface area contributed by atoms with Crippen LogP contribution in [0.25, 0.3) is 10.9 Å². The number of hydrogen-bond donors (Lipinski definition) is 12. The lowest BCUT2D eigenvalue weighted by atomic mass is 9.94. The van der Waals surface area contributed by atoms with Crippen LogP contribution in [-0.4, -0.2) is 152 Å². The second-order valence-electron chi connectivity index (χ2n) is 15.9. The van der Waals surface area contributed by atoms with E-state index in [2.05, 4.69) is 42.2 Å². The van der Waals surface area contributed by atoms with Crippen molar-refractivity contribution in [1.29, 1.82) is 0 Å². The summed E-state index contributed by atoms with van der Waals surface area (Å²) in [6.07, 6.45) is -3.44. The molecule has 1 fully saturated rings. The number of primary amides is 1. The van der Waals surface area contributed by atoms with E-state index in [1.165, 1.54) is 26.0 Å². The van der Waals surface area contributed by atoms with E-state index in [0.29, 0.717) is 27.9 Å². The van der Waals surface area contributed by atoms with Gasteiger partial charge in [0.05, 0.1) is 42.3 Å². The van der Waals surface area contributed by atoms with Crippen LogP contribution in [0.15, 0.2) is 23.2 Å². The highest BCUT2D eigenvalue weighted by atomic mass is 32.2. The molecular weight excluding hydrogens is 833 g/mol. The SMILES string of the molecule is CC[C@H](C)[C@@H]1NC(=O)CNC(=O)C2Cc3c([nH]c4cc(O)ccc34)SCC(NC(=O)CNC1=O)C(=O)NC(CC(N)=O)C(=O)N1C[C@H](O)C[C@H]1C(=O)N[C@@H]([C@@H](C)[C@H](C)O)C(=O)N2. The summed E-state index contributed by atoms with van der Waals surface area (Å²) < 4.78 is 0. The van der Waals surface area contributed by atoms with Crippen LogP contribution in [0.1, 0.15) is 52.5 Å². The molecule has 3 aliphatic heterocycles. The number of rotatable bonds is 6. The van der Waals surface area contributed by atoms with Gasteiger partial charge in [-0.25, -0.2) is 0 Å². The zero-order chi connectivity index (χ0) is 45.6. The fourth-order valence-corrected chi connectivity index (χ4v) is 8.57. The molecular formula is C39H54N10O12S. The Morgan fingerprint density at radius 1 is 0.855 bits per heavy atom. The van der Waals surface area contributed by atoms with Gasteiger partial charge in [0.15, 0.2) is 0 Å². The summed E-state index contributed by atoms with van der Waals surface area (Å²) in [5.41, 5.74) is 6.26. The highest BCUT2D eigenvalue weighted by molar-refractivity contribution is 7.99. The van der Waals surface area contributed by atoms with Gasteiger partial charge in [-0.05, 0) is 30.5 Å². The van der Waals surface area contributed by atoms with Crippen LogP contribution in [0.3, 0.4) is 0 Å². The molecule has 4 heterocycles. The second kappa shape index (κ2) is 20.3. The van der Waals surface area contributed by atoms with Crippen molar-refractivity contribution in [1.82, 2.24) is 47.1 Å². The van der Waals surface area contributed by atoms with E-state index in [1.807, 2.05) is 0 Å². The van der Waals surface area contributed by atoms with Crippen LogP contribution in [0.4, 0.5) is 0 Å². The van der Waals surface area contributed by atoms with E-state index >= 15 is 0 Å². The van der Waals surface area contributed by atoms with Crippen LogP contribution in [0, 0.1) is 11.8 Å². The normalized spacial score (nSPS) is 27.8. The van der Waals surface area contributed by atoms with Crippen molar-refractivity contribution >= 4 is 75.8 Å². The predicted molar refractivity (Wildman–Crippen MR) is 220 cm³/mol. The Balaban J connectivity index is 1.70. The third-order valence-corrected chi connectivity index (χ3v) is 12.5. The number of benzene rings is 1. The van der Waals surface area contributed by atoms with Crippen molar-refractivity contribution in [2.45, 2.75) is 107 Å². The summed E-state index contributed by atoms with van der Waals surface area (Å²) in [6.45, 7) is 4.55. The summed E-state index contributed by atoms with van der Waals surface area (Å²) in [4.78, 5) is 128. The Bertz CT molecular complexity index is 2100. The van der Waals surface area contributed by atoms with Crippen molar-refractivity contribution < 1.29 is 58.5 Å². The smallest absolute Gasteiger partial charge is 0.246 e. The number of phenols is 1. The Morgan fingerprint density at radius 2 is 1.53 bits per heavy atom. The van der Waals surface area contributed by atoms with E-state index in [0.717, 1.165) is 16.7 Å². The van der Waals surface area contributed by atoms with Gasteiger partial charge < -0.3 is 68.2 Å². The fourth-order valence-electron chi connectivity index (χ4n) is 7.45. The van der Waals surface area contributed by atoms with Crippen LogP contribution < -0.4 is 43.0 Å². The minimum atomic E-state index is -1.71. The molecule has 13 N–H and O–H groups in total. The van der Waals surface area contributed by atoms with Crippen LogP contribution in [-0.2, 0) is 49.6 Å². The molecule has 0 radical (unpaired) electrons. The molecule has 10 atom stereocenters. The zero-order valence-electron chi connectivity index (χ0n) is 34.6. The molecule has 23 heteroatoms. The van der Waals surface area contributed by atoms with Gasteiger partial charge in [0.2, 0.25) is 53.2 Å². The number of carbonyl (C=O) groups is 9. The van der Waals surface area contributed by atoms with Crippen LogP contribution >= 0.6 is 11.8 Å². The largest absolute Gasteiger partial charge is 0.508 e. The molecule has 62 heavy (non-hydrogen) atoms. The molecule has 1 aromatic carbocycles. The Hall–Kier alpha value is -5.94. The number of aromatic amines is 1. The molecule has 5 rings (SSSR count). The van der Waals surface area contributed by atoms with Gasteiger partial charge in [-0.1, -0.05) is 27.2 Å². The number of aliphatic hydroxyl groups is 2. The molecule has 22 nitrogen and oxygen atoms in total. The average molecular weight is 887 g/mol. The Kier molecular flexibility index (Phi) is 15.4. The van der Waals surface area contributed by atoms with E-state index in [4.69, 9.17) is 5.73 Å². The Labute approximate surface area is 360 Å². The highest BCUT2D eigenvalue weighted by Gasteiger charge is 2.44. The molecule has 9 amide bonds. The quantitative estimate of drug-likeness (QED) is 0.132. The molecule has 3 unspecified atom stereocenters. The number of aliphatic hydroxyl groups excluding tert-OH is 2. The van der Waals surface area contributed by atoms with Gasteiger partial charge in [0, 0.05) is 42.5 Å². The first-order chi connectivity index (χ1) is 29.3. The number of hydrogen-bond acceptors (Lipinski definition) is 13. The van der Waals surface area contributed by atoms with Gasteiger partial charge in [0.1, 0.15) is 42.0 Å². The maximum Gasteiger partial charge on any atom is 0.246 e. The number of H-pyrrole nitrogens is 1. The number of carbonyl (C=O) groups excluding carboxylic acids is 9. The molecule has 3 aliphatic rings. The number of aromatic nitrogens is 1. The van der Waals surface area contributed by atoms with Crippen LogP contribution in [0.2, 0.25) is 0 Å². The number of amides is 9. The van der Waals surface area contributed by atoms with Gasteiger partial charge in [-0.2, -0.15) is 0 Å². The van der Waals surface area contributed by atoms with E-state index < -0.39 is 140 Å². The summed E-state index contributed by atoms with van der Waals surface area (Å²) in [5.74, 6) is -10.0. The molecule has 0 spiro atoms. The number of phenolic OH excluding ortho intramolecular Hbond substituents is 1. The van der Waals surface area contributed by atoms with E-state index in [1.54, 1.807) is 19.9 Å². The number of nitrogens with zero attached hydrogens (tertiary/aromatic N) is 1. The zero-order valence-corrected chi connectivity index (χ0v) is 35.4. The minimum Gasteiger partial charge on any atom is -0.508 e. The van der Waals surface area contributed by atoms with Gasteiger partial charge in [-0.15, -0.1) is 11.8 Å². The molecule has 2 bridgehead atoms. The predicted octanol–water partition coefficient (Wildman–Crippen LogP) is -3.91. The maximum absolute atomic E-state index is 14.4. The van der Waals surface area contributed by atoms with Crippen molar-refractivity contribution in [3.63, 3.8) is 0 Å². The van der Waals surface area contributed by atoms with E-state index in [9.17, 15) is 58.5 Å². The number of thioether (sulfide) groups is 1. The second-order valence-corrected chi connectivity index (χ2v) is 17.0. The average Bonchev–Trinajstić information content (AvgIpc) is 3.78. The third-order valence-electron chi connectivity index (χ3n) is 11.3.